The van der Waals surface area contributed by atoms with Gasteiger partial charge < -0.3 is 15.5 Å². The molecule has 0 heterocycles. The highest BCUT2D eigenvalue weighted by atomic mass is 15.2. The average Bonchev–Trinajstić information content (AvgIpc) is 3.05. The first-order chi connectivity index (χ1) is 11.2. The van der Waals surface area contributed by atoms with Crippen molar-refractivity contribution in [2.24, 2.45) is 4.99 Å². The van der Waals surface area contributed by atoms with E-state index in [1.807, 2.05) is 7.05 Å². The molecule has 23 heavy (non-hydrogen) atoms. The molecule has 0 aromatic heterocycles. The van der Waals surface area contributed by atoms with Crippen molar-refractivity contribution < 1.29 is 0 Å². The summed E-state index contributed by atoms with van der Waals surface area (Å²) >= 11 is 0. The molecule has 4 nitrogen and oxygen atoms in total. The Hall–Kier alpha value is -1.55. The van der Waals surface area contributed by atoms with Gasteiger partial charge in [0.05, 0.1) is 0 Å². The van der Waals surface area contributed by atoms with Crippen LogP contribution in [0.5, 0.6) is 0 Å². The minimum absolute atomic E-state index is 0.266. The van der Waals surface area contributed by atoms with Crippen molar-refractivity contribution in [2.75, 3.05) is 40.8 Å². The maximum atomic E-state index is 4.37. The summed E-state index contributed by atoms with van der Waals surface area (Å²) in [6.07, 6.45) is 6.30. The third kappa shape index (κ3) is 5.24. The molecule has 4 heteroatoms. The molecular weight excluding hydrogens is 284 g/mol. The molecule has 0 amide bonds. The van der Waals surface area contributed by atoms with Crippen LogP contribution in [0.4, 0.5) is 0 Å². The molecule has 1 aliphatic rings. The fourth-order valence-electron chi connectivity index (χ4n) is 3.49. The molecule has 1 aromatic carbocycles. The summed E-state index contributed by atoms with van der Waals surface area (Å²) in [5, 5.41) is 6.99. The van der Waals surface area contributed by atoms with Crippen LogP contribution in [0.1, 0.15) is 37.7 Å². The van der Waals surface area contributed by atoms with Crippen LogP contribution >= 0.6 is 0 Å². The van der Waals surface area contributed by atoms with E-state index in [1.54, 1.807) is 0 Å². The monoisotopic (exact) mass is 316 g/mol. The normalized spacial score (nSPS) is 17.5. The second-order valence-corrected chi connectivity index (χ2v) is 6.86. The SMILES string of the molecule is CN=C(NCCCN(C)C)NCC1(c2ccccc2)CCCC1. The standard InChI is InChI=1S/C19H32N4/c1-20-18(21-14-9-15-23(2)3)22-16-19(12-7-8-13-19)17-10-5-4-6-11-17/h4-6,10-11H,7-9,12-16H2,1-3H3,(H2,20,21,22). The Kier molecular flexibility index (Phi) is 6.90. The zero-order valence-corrected chi connectivity index (χ0v) is 14.9. The molecule has 0 spiro atoms. The van der Waals surface area contributed by atoms with Gasteiger partial charge in [-0.15, -0.1) is 0 Å². The van der Waals surface area contributed by atoms with E-state index in [1.165, 1.54) is 31.2 Å². The van der Waals surface area contributed by atoms with Crippen molar-refractivity contribution in [3.05, 3.63) is 35.9 Å². The maximum absolute atomic E-state index is 4.37. The molecule has 1 aliphatic carbocycles. The van der Waals surface area contributed by atoms with Crippen molar-refractivity contribution in [3.8, 4) is 0 Å². The third-order valence-corrected chi connectivity index (χ3v) is 4.84. The molecule has 2 N–H and O–H groups in total. The Morgan fingerprint density at radius 1 is 1.13 bits per heavy atom. The molecule has 128 valence electrons. The van der Waals surface area contributed by atoms with Crippen molar-refractivity contribution in [1.29, 1.82) is 0 Å². The lowest BCUT2D eigenvalue weighted by atomic mass is 9.79. The Balaban J connectivity index is 1.88. The van der Waals surface area contributed by atoms with Crippen molar-refractivity contribution in [1.82, 2.24) is 15.5 Å². The molecule has 0 atom stereocenters. The molecular formula is C19H32N4. The van der Waals surface area contributed by atoms with Gasteiger partial charge in [-0.05, 0) is 45.5 Å². The van der Waals surface area contributed by atoms with Crippen molar-refractivity contribution in [2.45, 2.75) is 37.5 Å². The summed E-state index contributed by atoms with van der Waals surface area (Å²) in [6.45, 7) is 3.01. The van der Waals surface area contributed by atoms with E-state index in [9.17, 15) is 0 Å². The first-order valence-corrected chi connectivity index (χ1v) is 8.81. The van der Waals surface area contributed by atoms with E-state index in [-0.39, 0.29) is 5.41 Å². The van der Waals surface area contributed by atoms with Crippen LogP contribution in [0, 0.1) is 0 Å². The highest BCUT2D eigenvalue weighted by Crippen LogP contribution is 2.40. The molecule has 1 fully saturated rings. The molecule has 0 saturated heterocycles. The summed E-state index contributed by atoms with van der Waals surface area (Å²) in [6, 6.07) is 11.0. The minimum Gasteiger partial charge on any atom is -0.356 e. The van der Waals surface area contributed by atoms with E-state index in [0.29, 0.717) is 0 Å². The topological polar surface area (TPSA) is 39.7 Å². The lowest BCUT2D eigenvalue weighted by Gasteiger charge is -2.30. The molecule has 0 bridgehead atoms. The van der Waals surface area contributed by atoms with Crippen LogP contribution in [0.15, 0.2) is 35.3 Å². The fraction of sp³-hybridized carbons (Fsp3) is 0.632. The van der Waals surface area contributed by atoms with Gasteiger partial charge in [-0.1, -0.05) is 43.2 Å². The van der Waals surface area contributed by atoms with Crippen molar-refractivity contribution in [3.63, 3.8) is 0 Å². The molecule has 0 unspecified atom stereocenters. The predicted molar refractivity (Wildman–Crippen MR) is 99.1 cm³/mol. The zero-order chi connectivity index (χ0) is 16.5. The van der Waals surface area contributed by atoms with E-state index < -0.39 is 0 Å². The van der Waals surface area contributed by atoms with Crippen LogP contribution < -0.4 is 10.6 Å². The smallest absolute Gasteiger partial charge is 0.191 e. The van der Waals surface area contributed by atoms with Gasteiger partial charge >= 0.3 is 0 Å². The molecule has 1 aromatic rings. The predicted octanol–water partition coefficient (Wildman–Crippen LogP) is 2.62. The second-order valence-electron chi connectivity index (χ2n) is 6.86. The lowest BCUT2D eigenvalue weighted by Crippen LogP contribution is -2.45. The van der Waals surface area contributed by atoms with E-state index in [4.69, 9.17) is 0 Å². The van der Waals surface area contributed by atoms with Gasteiger partial charge in [-0.25, -0.2) is 0 Å². The zero-order valence-electron chi connectivity index (χ0n) is 14.9. The van der Waals surface area contributed by atoms with E-state index in [0.717, 1.165) is 32.0 Å². The van der Waals surface area contributed by atoms with Gasteiger partial charge in [-0.3, -0.25) is 4.99 Å². The number of rotatable bonds is 7. The number of guanidine groups is 1. The first-order valence-electron chi connectivity index (χ1n) is 8.81. The highest BCUT2D eigenvalue weighted by Gasteiger charge is 2.35. The summed E-state index contributed by atoms with van der Waals surface area (Å²) in [7, 11) is 6.07. The fourth-order valence-corrected chi connectivity index (χ4v) is 3.49. The Labute approximate surface area is 141 Å². The summed E-state index contributed by atoms with van der Waals surface area (Å²) in [5.74, 6) is 0.922. The maximum Gasteiger partial charge on any atom is 0.191 e. The number of nitrogens with zero attached hydrogens (tertiary/aromatic N) is 2. The van der Waals surface area contributed by atoms with Crippen LogP contribution in [0.2, 0.25) is 0 Å². The quantitative estimate of drug-likeness (QED) is 0.461. The third-order valence-electron chi connectivity index (χ3n) is 4.84. The molecule has 1 saturated carbocycles. The summed E-state index contributed by atoms with van der Waals surface area (Å²) in [4.78, 5) is 6.58. The van der Waals surface area contributed by atoms with Gasteiger partial charge in [0.15, 0.2) is 5.96 Å². The number of hydrogen-bond donors (Lipinski definition) is 2. The van der Waals surface area contributed by atoms with Crippen LogP contribution in [0.25, 0.3) is 0 Å². The van der Waals surface area contributed by atoms with Crippen LogP contribution in [-0.4, -0.2) is 51.6 Å². The number of nitrogens with one attached hydrogen (secondary N) is 2. The van der Waals surface area contributed by atoms with Crippen LogP contribution in [-0.2, 0) is 5.41 Å². The van der Waals surface area contributed by atoms with Gasteiger partial charge in [-0.2, -0.15) is 0 Å². The number of aliphatic imine (C=N–C) groups is 1. The highest BCUT2D eigenvalue weighted by molar-refractivity contribution is 5.79. The van der Waals surface area contributed by atoms with Gasteiger partial charge in [0, 0.05) is 25.6 Å². The van der Waals surface area contributed by atoms with Gasteiger partial charge in [0.25, 0.3) is 0 Å². The largest absolute Gasteiger partial charge is 0.356 e. The first kappa shape index (κ1) is 17.8. The van der Waals surface area contributed by atoms with Crippen LogP contribution in [0.3, 0.4) is 0 Å². The molecule has 0 radical (unpaired) electrons. The Morgan fingerprint density at radius 2 is 1.83 bits per heavy atom. The minimum atomic E-state index is 0.266. The summed E-state index contributed by atoms with van der Waals surface area (Å²) in [5.41, 5.74) is 1.73. The number of hydrogen-bond acceptors (Lipinski definition) is 2. The number of benzene rings is 1. The molecule has 0 aliphatic heterocycles. The van der Waals surface area contributed by atoms with Crippen molar-refractivity contribution >= 4 is 5.96 Å². The van der Waals surface area contributed by atoms with E-state index >= 15 is 0 Å². The summed E-state index contributed by atoms with van der Waals surface area (Å²) < 4.78 is 0. The average molecular weight is 316 g/mol. The van der Waals surface area contributed by atoms with Gasteiger partial charge in [0.2, 0.25) is 0 Å². The van der Waals surface area contributed by atoms with Gasteiger partial charge in [0.1, 0.15) is 0 Å². The Morgan fingerprint density at radius 3 is 2.43 bits per heavy atom. The Bertz CT molecular complexity index is 475. The second kappa shape index (κ2) is 8.92. The molecule has 2 rings (SSSR count). The van der Waals surface area contributed by atoms with E-state index in [2.05, 4.69) is 65.0 Å². The lowest BCUT2D eigenvalue weighted by molar-refractivity contribution is 0.398.